The minimum Gasteiger partial charge on any atom is -0.481 e. The van der Waals surface area contributed by atoms with E-state index in [1.54, 1.807) is 18.6 Å². The summed E-state index contributed by atoms with van der Waals surface area (Å²) in [4.78, 5) is 41.9. The number of alkyl halides is 1. The van der Waals surface area contributed by atoms with Crippen LogP contribution in [-0.4, -0.2) is 72.3 Å². The van der Waals surface area contributed by atoms with E-state index in [4.69, 9.17) is 4.98 Å². The Kier molecular flexibility index (Phi) is 8.64. The highest BCUT2D eigenvalue weighted by atomic mass is 32.1. The fourth-order valence-corrected chi connectivity index (χ4v) is 6.96. The molecule has 4 aromatic heterocycles. The van der Waals surface area contributed by atoms with E-state index >= 15 is 4.39 Å². The number of hydrogen-bond acceptors (Lipinski definition) is 9. The van der Waals surface area contributed by atoms with Crippen LogP contribution in [0.4, 0.5) is 4.39 Å². The van der Waals surface area contributed by atoms with Gasteiger partial charge in [0, 0.05) is 30.4 Å². The second-order valence-corrected chi connectivity index (χ2v) is 13.2. The predicted octanol–water partition coefficient (Wildman–Crippen LogP) is 5.05. The third-order valence-electron chi connectivity index (χ3n) is 9.09. The van der Waals surface area contributed by atoms with Crippen molar-refractivity contribution in [3.05, 3.63) is 64.7 Å². The summed E-state index contributed by atoms with van der Waals surface area (Å²) in [6.07, 6.45) is 8.21. The number of carbonyl (C=O) groups excluding carboxylic acids is 1. The molecule has 0 saturated carbocycles. The number of piperidine rings is 1. The van der Waals surface area contributed by atoms with Gasteiger partial charge in [-0.3, -0.25) is 14.6 Å². The highest BCUT2D eigenvalue weighted by Crippen LogP contribution is 2.38. The van der Waals surface area contributed by atoms with Crippen molar-refractivity contribution >= 4 is 33.6 Å². The maximum atomic E-state index is 15.4. The number of fused-ring (bicyclic) bond motifs is 2. The number of aryl methyl sites for hydroxylation is 1. The van der Waals surface area contributed by atoms with Crippen LogP contribution in [0.1, 0.15) is 72.2 Å². The summed E-state index contributed by atoms with van der Waals surface area (Å²) in [6.45, 7) is 5.93. The highest BCUT2D eigenvalue weighted by Gasteiger charge is 2.38. The average Bonchev–Trinajstić information content (AvgIpc) is 3.45. The molecule has 1 amide bonds. The van der Waals surface area contributed by atoms with Gasteiger partial charge in [0.15, 0.2) is 5.01 Å². The number of carbonyl (C=O) groups is 2. The molecule has 1 aliphatic carbocycles. The van der Waals surface area contributed by atoms with Crippen LogP contribution in [0.5, 0.6) is 0 Å². The number of aromatic nitrogens is 5. The lowest BCUT2D eigenvalue weighted by Crippen LogP contribution is -2.38. The van der Waals surface area contributed by atoms with E-state index in [1.165, 1.54) is 11.3 Å². The summed E-state index contributed by atoms with van der Waals surface area (Å²) in [5, 5.41) is 20.6. The van der Waals surface area contributed by atoms with Crippen LogP contribution in [0.15, 0.2) is 42.9 Å². The Hall–Kier alpha value is -3.90. The van der Waals surface area contributed by atoms with E-state index in [0.29, 0.717) is 73.5 Å². The fourth-order valence-electron chi connectivity index (χ4n) is 6.11. The van der Waals surface area contributed by atoms with Crippen LogP contribution < -0.4 is 5.32 Å². The zero-order valence-electron chi connectivity index (χ0n) is 24.9. The van der Waals surface area contributed by atoms with E-state index < -0.39 is 11.6 Å². The molecule has 0 spiro atoms. The monoisotopic (exact) mass is 617 g/mol. The molecule has 1 aliphatic heterocycles. The molecule has 0 radical (unpaired) electrons. The zero-order valence-corrected chi connectivity index (χ0v) is 25.7. The molecule has 0 unspecified atom stereocenters. The number of rotatable bonds is 9. The fraction of sp³-hybridized carbons (Fsp3) is 0.469. The topological polar surface area (TPSA) is 134 Å². The molecule has 2 aliphatic rings. The first-order valence-corrected chi connectivity index (χ1v) is 16.0. The molecule has 4 aromatic rings. The molecule has 1 saturated heterocycles. The van der Waals surface area contributed by atoms with Crippen LogP contribution in [0.2, 0.25) is 0 Å². The van der Waals surface area contributed by atoms with Gasteiger partial charge in [0.25, 0.3) is 5.91 Å². The minimum absolute atomic E-state index is 0.0893. The largest absolute Gasteiger partial charge is 0.481 e. The van der Waals surface area contributed by atoms with Gasteiger partial charge in [-0.15, -0.1) is 0 Å². The maximum Gasteiger partial charge on any atom is 0.306 e. The van der Waals surface area contributed by atoms with E-state index in [-0.39, 0.29) is 23.8 Å². The maximum absolute atomic E-state index is 15.4. The first-order valence-electron chi connectivity index (χ1n) is 15.2. The lowest BCUT2D eigenvalue weighted by atomic mass is 9.77. The molecule has 0 bridgehead atoms. The van der Waals surface area contributed by atoms with Gasteiger partial charge >= 0.3 is 5.97 Å². The molecule has 1 fully saturated rings. The number of pyridine rings is 2. The number of amides is 1. The average molecular weight is 618 g/mol. The summed E-state index contributed by atoms with van der Waals surface area (Å²) < 4.78 is 15.4. The number of carboxylic acid groups (broad SMARTS) is 1. The molecule has 2 atom stereocenters. The van der Waals surface area contributed by atoms with Crippen molar-refractivity contribution in [2.45, 2.75) is 64.1 Å². The van der Waals surface area contributed by atoms with E-state index in [2.05, 4.69) is 30.4 Å². The second-order valence-electron chi connectivity index (χ2n) is 12.2. The van der Waals surface area contributed by atoms with Crippen LogP contribution in [0.3, 0.4) is 0 Å². The van der Waals surface area contributed by atoms with Crippen molar-refractivity contribution in [2.24, 2.45) is 11.8 Å². The smallest absolute Gasteiger partial charge is 0.306 e. The Bertz CT molecular complexity index is 1640. The molecular weight excluding hydrogens is 581 g/mol. The molecular formula is C32H36FN7O3S. The van der Waals surface area contributed by atoms with Gasteiger partial charge < -0.3 is 15.3 Å². The zero-order chi connectivity index (χ0) is 30.8. The SMILES string of the molecule is CC(C)[C@]1(F)CCc2nc3sc(C(=O)N[C@H](CCN4CCC(C(=O)O)CC4)c4ccc(-c5ccnnc5)nc4)nc3cc2C1. The summed E-state index contributed by atoms with van der Waals surface area (Å²) in [6, 6.07) is 7.25. The lowest BCUT2D eigenvalue weighted by Gasteiger charge is -2.33. The first-order chi connectivity index (χ1) is 21.2. The van der Waals surface area contributed by atoms with Crippen molar-refractivity contribution in [1.29, 1.82) is 0 Å². The van der Waals surface area contributed by atoms with Crippen LogP contribution in [-0.2, 0) is 17.6 Å². The summed E-state index contributed by atoms with van der Waals surface area (Å²) in [5.41, 5.74) is 3.57. The van der Waals surface area contributed by atoms with Crippen LogP contribution in [0.25, 0.3) is 21.6 Å². The second kappa shape index (κ2) is 12.6. The minimum atomic E-state index is -1.26. The van der Waals surface area contributed by atoms with Crippen LogP contribution >= 0.6 is 11.3 Å². The van der Waals surface area contributed by atoms with Gasteiger partial charge in [-0.2, -0.15) is 10.2 Å². The van der Waals surface area contributed by atoms with Crippen molar-refractivity contribution in [2.75, 3.05) is 19.6 Å². The third kappa shape index (κ3) is 6.46. The van der Waals surface area contributed by atoms with Crippen molar-refractivity contribution in [3.63, 3.8) is 0 Å². The Morgan fingerprint density at radius 3 is 2.66 bits per heavy atom. The standard InChI is InChI=1S/C32H36FN7O3S/c1-19(2)32(33)10-5-25-23(16-32)15-27-29(38-25)44-30(39-27)28(41)37-26(9-14-40-12-7-20(8-13-40)31(42)43)21-3-4-24(34-17-21)22-6-11-35-36-18-22/h3-4,6,11,15,17-20,26H,5,7-10,12-14,16H2,1-2H3,(H,37,41)(H,42,43)/t26-,32+/m1/s1. The number of halogens is 1. The quantitative estimate of drug-likeness (QED) is 0.265. The molecule has 5 heterocycles. The van der Waals surface area contributed by atoms with Crippen molar-refractivity contribution < 1.29 is 19.1 Å². The summed E-state index contributed by atoms with van der Waals surface area (Å²) >= 11 is 1.25. The summed E-state index contributed by atoms with van der Waals surface area (Å²) in [5.74, 6) is -1.43. The third-order valence-corrected chi connectivity index (χ3v) is 10.1. The van der Waals surface area contributed by atoms with Crippen molar-refractivity contribution in [3.8, 4) is 11.3 Å². The number of likely N-dealkylation sites (tertiary alicyclic amines) is 1. The van der Waals surface area contributed by atoms with E-state index in [1.807, 2.05) is 38.1 Å². The Balaban J connectivity index is 1.21. The number of aliphatic carboxylic acids is 1. The molecule has 10 nitrogen and oxygen atoms in total. The normalized spacial score (nSPS) is 20.0. The molecule has 0 aromatic carbocycles. The first kappa shape index (κ1) is 30.1. The number of carboxylic acids is 1. The molecule has 6 rings (SSSR count). The van der Waals surface area contributed by atoms with E-state index in [9.17, 15) is 14.7 Å². The number of thiazole rings is 1. The van der Waals surface area contributed by atoms with Gasteiger partial charge in [0.05, 0.1) is 30.0 Å². The molecule has 44 heavy (non-hydrogen) atoms. The van der Waals surface area contributed by atoms with Crippen molar-refractivity contribution in [1.82, 2.24) is 35.4 Å². The Morgan fingerprint density at radius 1 is 1.16 bits per heavy atom. The van der Waals surface area contributed by atoms with Gasteiger partial charge in [-0.25, -0.2) is 14.4 Å². The van der Waals surface area contributed by atoms with Gasteiger partial charge in [-0.05, 0) is 80.4 Å². The van der Waals surface area contributed by atoms with Crippen LogP contribution in [0, 0.1) is 11.8 Å². The number of nitrogens with one attached hydrogen (secondary N) is 1. The van der Waals surface area contributed by atoms with Gasteiger partial charge in [-0.1, -0.05) is 31.3 Å². The Morgan fingerprint density at radius 2 is 1.98 bits per heavy atom. The Labute approximate surface area is 259 Å². The van der Waals surface area contributed by atoms with Gasteiger partial charge in [0.1, 0.15) is 16.0 Å². The highest BCUT2D eigenvalue weighted by molar-refractivity contribution is 7.19. The number of nitrogens with zero attached hydrogens (tertiary/aromatic N) is 6. The molecule has 12 heteroatoms. The summed E-state index contributed by atoms with van der Waals surface area (Å²) in [7, 11) is 0. The van der Waals surface area contributed by atoms with Gasteiger partial charge in [0.2, 0.25) is 0 Å². The molecule has 230 valence electrons. The lowest BCUT2D eigenvalue weighted by molar-refractivity contribution is -0.143. The van der Waals surface area contributed by atoms with E-state index in [0.717, 1.165) is 28.1 Å². The predicted molar refractivity (Wildman–Crippen MR) is 165 cm³/mol. The number of hydrogen-bond donors (Lipinski definition) is 2. The molecule has 2 N–H and O–H groups in total.